The van der Waals surface area contributed by atoms with Crippen molar-refractivity contribution in [3.63, 3.8) is 0 Å². The number of amides is 1. The summed E-state index contributed by atoms with van der Waals surface area (Å²) in [5.41, 5.74) is -1.12. The first-order chi connectivity index (χ1) is 12.1. The number of alkyl halides is 3. The molecule has 2 unspecified atom stereocenters. The number of hydrogen-bond acceptors (Lipinski definition) is 3. The van der Waals surface area contributed by atoms with Gasteiger partial charge in [-0.15, -0.1) is 0 Å². The van der Waals surface area contributed by atoms with E-state index in [0.717, 1.165) is 19.2 Å². The second kappa shape index (κ2) is 5.45. The summed E-state index contributed by atoms with van der Waals surface area (Å²) in [6.45, 7) is 5.27. The number of piperidine rings is 1. The predicted molar refractivity (Wildman–Crippen MR) is 90.2 cm³/mol. The van der Waals surface area contributed by atoms with E-state index in [4.69, 9.17) is 0 Å². The smallest absolute Gasteiger partial charge is 0.345 e. The highest BCUT2D eigenvalue weighted by Gasteiger charge is 2.57. The number of fused-ring (bicyclic) bond motifs is 2. The van der Waals surface area contributed by atoms with Gasteiger partial charge in [0.15, 0.2) is 0 Å². The number of benzene rings is 1. The van der Waals surface area contributed by atoms with Crippen LogP contribution in [0.2, 0.25) is 0 Å². The molecule has 4 rings (SSSR count). The molecular weight excluding hydrogens is 345 g/mol. The molecule has 2 atom stereocenters. The van der Waals surface area contributed by atoms with E-state index >= 15 is 0 Å². The third-order valence-electron chi connectivity index (χ3n) is 5.59. The molecule has 140 valence electrons. The Bertz CT molecular complexity index is 876. The molecule has 2 N–H and O–H groups in total. The molecule has 1 aliphatic heterocycles. The van der Waals surface area contributed by atoms with Gasteiger partial charge in [0.2, 0.25) is 5.91 Å². The Labute approximate surface area is 148 Å². The zero-order valence-corrected chi connectivity index (χ0v) is 14.8. The molecular formula is C18H21F3N4O. The number of aryl methyl sites for hydroxylation is 1. The molecule has 2 aromatic rings. The highest BCUT2D eigenvalue weighted by molar-refractivity contribution is 5.88. The summed E-state index contributed by atoms with van der Waals surface area (Å²) < 4.78 is 41.3. The van der Waals surface area contributed by atoms with Crippen LogP contribution in [0.5, 0.6) is 0 Å². The van der Waals surface area contributed by atoms with E-state index in [1.54, 1.807) is 19.9 Å². The standard InChI is InChI=1S/C18H21F3N4O/c1-17(2,23-16(26)13-10-7-22-8-11(10)13)15-9-5-4-6-12(18(19,20)21)14(9)25(3)24-15/h4-6,10-11,13,22H,7-8H2,1-3H3,(H,23,26). The first-order valence-electron chi connectivity index (χ1n) is 8.67. The summed E-state index contributed by atoms with van der Waals surface area (Å²) in [5.74, 6) is 0.708. The van der Waals surface area contributed by atoms with E-state index in [1.807, 2.05) is 0 Å². The molecule has 0 bridgehead atoms. The van der Waals surface area contributed by atoms with Gasteiger partial charge >= 0.3 is 6.18 Å². The molecule has 5 nitrogen and oxygen atoms in total. The highest BCUT2D eigenvalue weighted by atomic mass is 19.4. The zero-order chi connectivity index (χ0) is 18.9. The van der Waals surface area contributed by atoms with Crippen LogP contribution in [0, 0.1) is 17.8 Å². The first kappa shape index (κ1) is 17.3. The molecule has 2 aliphatic rings. The van der Waals surface area contributed by atoms with Gasteiger partial charge in [-0.2, -0.15) is 18.3 Å². The van der Waals surface area contributed by atoms with E-state index in [1.165, 1.54) is 17.8 Å². The fourth-order valence-electron chi connectivity index (χ4n) is 4.29. The molecule has 1 aromatic heterocycles. The maximum atomic E-state index is 13.3. The fourth-order valence-corrected chi connectivity index (χ4v) is 4.29. The Morgan fingerprint density at radius 3 is 2.54 bits per heavy atom. The van der Waals surface area contributed by atoms with Crippen LogP contribution in [-0.2, 0) is 23.6 Å². The second-order valence-electron chi connectivity index (χ2n) is 7.80. The van der Waals surface area contributed by atoms with Gasteiger partial charge in [-0.3, -0.25) is 9.48 Å². The predicted octanol–water partition coefficient (Wildman–Crippen LogP) is 2.41. The van der Waals surface area contributed by atoms with Gasteiger partial charge in [0.25, 0.3) is 0 Å². The van der Waals surface area contributed by atoms with Crippen LogP contribution >= 0.6 is 0 Å². The van der Waals surface area contributed by atoms with Crippen molar-refractivity contribution >= 4 is 16.8 Å². The van der Waals surface area contributed by atoms with Crippen molar-refractivity contribution in [2.24, 2.45) is 24.8 Å². The number of halogens is 3. The normalized spacial score (nSPS) is 25.4. The van der Waals surface area contributed by atoms with Gasteiger partial charge in [0.1, 0.15) is 0 Å². The molecule has 1 aliphatic carbocycles. The average molecular weight is 366 g/mol. The van der Waals surface area contributed by atoms with Crippen molar-refractivity contribution in [1.29, 1.82) is 0 Å². The molecule has 0 radical (unpaired) electrons. The molecule has 8 heteroatoms. The Morgan fingerprint density at radius 2 is 1.92 bits per heavy atom. The number of hydrogen-bond donors (Lipinski definition) is 2. The molecule has 1 amide bonds. The summed E-state index contributed by atoms with van der Waals surface area (Å²) >= 11 is 0. The Balaban J connectivity index is 1.68. The molecule has 2 heterocycles. The monoisotopic (exact) mass is 366 g/mol. The largest absolute Gasteiger partial charge is 0.418 e. The summed E-state index contributed by atoms with van der Waals surface area (Å²) in [5, 5.41) is 11.0. The van der Waals surface area contributed by atoms with Gasteiger partial charge in [0, 0.05) is 18.4 Å². The summed E-state index contributed by atoms with van der Waals surface area (Å²) in [6.07, 6.45) is -4.46. The van der Waals surface area contributed by atoms with Gasteiger partial charge in [-0.1, -0.05) is 12.1 Å². The minimum absolute atomic E-state index is 0.00348. The van der Waals surface area contributed by atoms with E-state index in [0.29, 0.717) is 22.9 Å². The van der Waals surface area contributed by atoms with E-state index < -0.39 is 17.3 Å². The van der Waals surface area contributed by atoms with Crippen molar-refractivity contribution in [1.82, 2.24) is 20.4 Å². The van der Waals surface area contributed by atoms with E-state index in [9.17, 15) is 18.0 Å². The summed E-state index contributed by atoms with van der Waals surface area (Å²) in [6, 6.07) is 4.06. The van der Waals surface area contributed by atoms with E-state index in [2.05, 4.69) is 15.7 Å². The molecule has 1 aromatic carbocycles. The van der Waals surface area contributed by atoms with Crippen molar-refractivity contribution < 1.29 is 18.0 Å². The zero-order valence-electron chi connectivity index (χ0n) is 14.8. The lowest BCUT2D eigenvalue weighted by Gasteiger charge is -2.25. The van der Waals surface area contributed by atoms with E-state index in [-0.39, 0.29) is 17.3 Å². The Kier molecular flexibility index (Phi) is 3.63. The van der Waals surface area contributed by atoms with Crippen molar-refractivity contribution in [2.75, 3.05) is 13.1 Å². The number of rotatable bonds is 3. The van der Waals surface area contributed by atoms with Gasteiger partial charge in [-0.05, 0) is 44.8 Å². The minimum atomic E-state index is -4.46. The van der Waals surface area contributed by atoms with Gasteiger partial charge < -0.3 is 10.6 Å². The van der Waals surface area contributed by atoms with Crippen LogP contribution in [0.4, 0.5) is 13.2 Å². The van der Waals surface area contributed by atoms with Crippen LogP contribution in [0.25, 0.3) is 10.9 Å². The summed E-state index contributed by atoms with van der Waals surface area (Å²) in [7, 11) is 1.50. The Hall–Kier alpha value is -2.09. The number of nitrogens with zero attached hydrogens (tertiary/aromatic N) is 2. The average Bonchev–Trinajstić information content (AvgIpc) is 2.88. The number of para-hydroxylation sites is 1. The maximum absolute atomic E-state index is 13.3. The molecule has 1 saturated carbocycles. The number of nitrogens with one attached hydrogen (secondary N) is 2. The lowest BCUT2D eigenvalue weighted by Crippen LogP contribution is -2.43. The SMILES string of the molecule is Cn1nc(C(C)(C)NC(=O)C2C3CNCC32)c2cccc(C(F)(F)F)c21. The molecule has 2 fully saturated rings. The lowest BCUT2D eigenvalue weighted by atomic mass is 9.95. The number of carbonyl (C=O) groups excluding carboxylic acids is 1. The lowest BCUT2D eigenvalue weighted by molar-refractivity contribution is -0.136. The van der Waals surface area contributed by atoms with Gasteiger partial charge in [0.05, 0.1) is 22.3 Å². The molecule has 1 saturated heterocycles. The summed E-state index contributed by atoms with van der Waals surface area (Å²) in [4.78, 5) is 12.6. The third-order valence-corrected chi connectivity index (χ3v) is 5.59. The second-order valence-corrected chi connectivity index (χ2v) is 7.80. The van der Waals surface area contributed by atoms with Crippen molar-refractivity contribution in [3.8, 4) is 0 Å². The van der Waals surface area contributed by atoms with Crippen LogP contribution < -0.4 is 10.6 Å². The quantitative estimate of drug-likeness (QED) is 0.877. The van der Waals surface area contributed by atoms with Crippen LogP contribution in [0.1, 0.15) is 25.1 Å². The van der Waals surface area contributed by atoms with Crippen LogP contribution in [-0.4, -0.2) is 28.8 Å². The highest BCUT2D eigenvalue weighted by Crippen LogP contribution is 2.49. The number of carbonyl (C=O) groups is 1. The Morgan fingerprint density at radius 1 is 1.27 bits per heavy atom. The maximum Gasteiger partial charge on any atom is 0.418 e. The topological polar surface area (TPSA) is 59.0 Å². The first-order valence-corrected chi connectivity index (χ1v) is 8.67. The number of aromatic nitrogens is 2. The van der Waals surface area contributed by atoms with Crippen LogP contribution in [0.3, 0.4) is 0 Å². The van der Waals surface area contributed by atoms with Gasteiger partial charge in [-0.25, -0.2) is 0 Å². The van der Waals surface area contributed by atoms with Crippen molar-refractivity contribution in [2.45, 2.75) is 25.6 Å². The third kappa shape index (κ3) is 2.58. The van der Waals surface area contributed by atoms with Crippen molar-refractivity contribution in [3.05, 3.63) is 29.5 Å². The molecule has 26 heavy (non-hydrogen) atoms. The van der Waals surface area contributed by atoms with Crippen LogP contribution in [0.15, 0.2) is 18.2 Å². The fraction of sp³-hybridized carbons (Fsp3) is 0.556. The molecule has 0 spiro atoms. The minimum Gasteiger partial charge on any atom is -0.345 e.